The first-order valence-electron chi connectivity index (χ1n) is 6.44. The molecule has 2 N–H and O–H groups in total. The minimum absolute atomic E-state index is 0.356. The summed E-state index contributed by atoms with van der Waals surface area (Å²) in [4.78, 5) is 24.9. The fraction of sp³-hybridized carbons (Fsp3) is 0.429. The van der Waals surface area contributed by atoms with Crippen molar-refractivity contribution in [2.24, 2.45) is 0 Å². The van der Waals surface area contributed by atoms with Gasteiger partial charge in [0.05, 0.1) is 13.2 Å². The highest BCUT2D eigenvalue weighted by atomic mass is 79.9. The van der Waals surface area contributed by atoms with E-state index in [1.165, 1.54) is 7.05 Å². The molecule has 116 valence electrons. The highest BCUT2D eigenvalue weighted by Crippen LogP contribution is 2.24. The van der Waals surface area contributed by atoms with Gasteiger partial charge in [0.25, 0.3) is 0 Å². The summed E-state index contributed by atoms with van der Waals surface area (Å²) in [5.74, 6) is 0.398. The number of urea groups is 1. The summed E-state index contributed by atoms with van der Waals surface area (Å²) in [5.41, 5.74) is 0.953. The fourth-order valence-electron chi connectivity index (χ4n) is 1.76. The molecular formula is C14H20BrN3O3. The normalized spacial score (nSPS) is 11.9. The van der Waals surface area contributed by atoms with Crippen LogP contribution in [0.2, 0.25) is 0 Å². The second-order valence-electron chi connectivity index (χ2n) is 4.62. The number of carbonyl (C=O) groups is 2. The Balaban J connectivity index is 2.76. The molecule has 0 aliphatic rings. The van der Waals surface area contributed by atoms with Crippen molar-refractivity contribution >= 4 is 27.9 Å². The van der Waals surface area contributed by atoms with Gasteiger partial charge < -0.3 is 10.1 Å². The first-order chi connectivity index (χ1) is 9.88. The highest BCUT2D eigenvalue weighted by molar-refractivity contribution is 9.10. The van der Waals surface area contributed by atoms with Crippen LogP contribution in [0.25, 0.3) is 0 Å². The van der Waals surface area contributed by atoms with E-state index in [0.717, 1.165) is 15.8 Å². The van der Waals surface area contributed by atoms with Gasteiger partial charge in [-0.15, -0.1) is 0 Å². The summed E-state index contributed by atoms with van der Waals surface area (Å²) in [6.07, 6.45) is 0. The number of methoxy groups -OCH3 is 1. The largest absolute Gasteiger partial charge is 0.496 e. The summed E-state index contributed by atoms with van der Waals surface area (Å²) < 4.78 is 6.25. The number of hydrogen-bond donors (Lipinski definition) is 2. The van der Waals surface area contributed by atoms with Crippen molar-refractivity contribution in [2.75, 3.05) is 21.2 Å². The maximum absolute atomic E-state index is 11.9. The van der Waals surface area contributed by atoms with Gasteiger partial charge in [-0.25, -0.2) is 4.79 Å². The molecule has 3 amide bonds. The van der Waals surface area contributed by atoms with Gasteiger partial charge in [0, 0.05) is 23.6 Å². The second kappa shape index (κ2) is 7.99. The molecule has 21 heavy (non-hydrogen) atoms. The average molecular weight is 358 g/mol. The van der Waals surface area contributed by atoms with Crippen molar-refractivity contribution in [3.05, 3.63) is 28.2 Å². The molecule has 0 bridgehead atoms. The van der Waals surface area contributed by atoms with Gasteiger partial charge in [-0.2, -0.15) is 0 Å². The van der Waals surface area contributed by atoms with Gasteiger partial charge in [0.15, 0.2) is 0 Å². The Morgan fingerprint density at radius 2 is 2.10 bits per heavy atom. The third-order valence-electron chi connectivity index (χ3n) is 3.17. The fourth-order valence-corrected chi connectivity index (χ4v) is 2.16. The van der Waals surface area contributed by atoms with Crippen molar-refractivity contribution in [2.45, 2.75) is 19.5 Å². The quantitative estimate of drug-likeness (QED) is 0.841. The molecule has 0 spiro atoms. The van der Waals surface area contributed by atoms with Gasteiger partial charge in [-0.3, -0.25) is 15.0 Å². The molecule has 0 unspecified atom stereocenters. The lowest BCUT2D eigenvalue weighted by atomic mass is 10.1. The van der Waals surface area contributed by atoms with E-state index in [0.29, 0.717) is 6.54 Å². The maximum Gasteiger partial charge on any atom is 0.321 e. The van der Waals surface area contributed by atoms with Crippen LogP contribution in [0.4, 0.5) is 4.79 Å². The molecule has 1 rings (SSSR count). The Bertz CT molecular complexity index is 522. The third kappa shape index (κ3) is 5.02. The number of rotatable bonds is 5. The standard InChI is InChI=1S/C14H20BrN3O3/c1-9(13(19)17-14(20)16-2)18(3)8-10-7-11(15)5-6-12(10)21-4/h5-7,9H,8H2,1-4H3,(H2,16,17,19,20)/t9-/m0/s1. The van der Waals surface area contributed by atoms with Crippen LogP contribution in [0.1, 0.15) is 12.5 Å². The van der Waals surface area contributed by atoms with Crippen LogP contribution in [-0.2, 0) is 11.3 Å². The summed E-state index contributed by atoms with van der Waals surface area (Å²) in [5, 5.41) is 4.61. The molecule has 0 aliphatic heterocycles. The molecule has 7 heteroatoms. The number of amides is 3. The number of likely N-dealkylation sites (N-methyl/N-ethyl adjacent to an activating group) is 1. The van der Waals surface area contributed by atoms with Gasteiger partial charge in [-0.1, -0.05) is 15.9 Å². The van der Waals surface area contributed by atoms with E-state index in [9.17, 15) is 9.59 Å². The minimum atomic E-state index is -0.514. The molecule has 0 radical (unpaired) electrons. The monoisotopic (exact) mass is 357 g/mol. The Labute approximate surface area is 133 Å². The Kier molecular flexibility index (Phi) is 6.64. The molecule has 0 saturated carbocycles. The summed E-state index contributed by atoms with van der Waals surface area (Å²) in [6, 6.07) is 4.73. The van der Waals surface area contributed by atoms with Crippen molar-refractivity contribution in [1.29, 1.82) is 0 Å². The number of nitrogens with one attached hydrogen (secondary N) is 2. The van der Waals surface area contributed by atoms with Crippen LogP contribution in [0.15, 0.2) is 22.7 Å². The van der Waals surface area contributed by atoms with Crippen molar-refractivity contribution < 1.29 is 14.3 Å². The van der Waals surface area contributed by atoms with Crippen LogP contribution < -0.4 is 15.4 Å². The zero-order valence-electron chi connectivity index (χ0n) is 12.6. The lowest BCUT2D eigenvalue weighted by molar-refractivity contribution is -0.124. The lowest BCUT2D eigenvalue weighted by Gasteiger charge is -2.24. The molecule has 0 aromatic heterocycles. The Hall–Kier alpha value is -1.60. The van der Waals surface area contributed by atoms with E-state index in [1.807, 2.05) is 30.1 Å². The zero-order chi connectivity index (χ0) is 16.0. The van der Waals surface area contributed by atoms with E-state index in [-0.39, 0.29) is 5.91 Å². The summed E-state index contributed by atoms with van der Waals surface area (Å²) in [6.45, 7) is 2.26. The Morgan fingerprint density at radius 1 is 1.43 bits per heavy atom. The predicted molar refractivity (Wildman–Crippen MR) is 84.2 cm³/mol. The second-order valence-corrected chi connectivity index (χ2v) is 5.53. The van der Waals surface area contributed by atoms with E-state index >= 15 is 0 Å². The minimum Gasteiger partial charge on any atom is -0.496 e. The SMILES string of the molecule is CNC(=O)NC(=O)[C@H](C)N(C)Cc1cc(Br)ccc1OC. The number of nitrogens with zero attached hydrogens (tertiary/aromatic N) is 1. The van der Waals surface area contributed by atoms with Crippen LogP contribution in [0, 0.1) is 0 Å². The highest BCUT2D eigenvalue weighted by Gasteiger charge is 2.20. The van der Waals surface area contributed by atoms with Crippen LogP contribution in [0.5, 0.6) is 5.75 Å². The molecule has 0 saturated heterocycles. The average Bonchev–Trinajstić information content (AvgIpc) is 2.46. The van der Waals surface area contributed by atoms with E-state index < -0.39 is 12.1 Å². The molecule has 0 heterocycles. The molecule has 1 aromatic rings. The third-order valence-corrected chi connectivity index (χ3v) is 3.66. The summed E-state index contributed by atoms with van der Waals surface area (Å²) >= 11 is 3.42. The van der Waals surface area contributed by atoms with E-state index in [4.69, 9.17) is 4.74 Å². The van der Waals surface area contributed by atoms with Gasteiger partial charge >= 0.3 is 6.03 Å². The first-order valence-corrected chi connectivity index (χ1v) is 7.23. The zero-order valence-corrected chi connectivity index (χ0v) is 14.2. The number of ether oxygens (including phenoxy) is 1. The number of halogens is 1. The molecule has 0 aliphatic carbocycles. The van der Waals surface area contributed by atoms with E-state index in [1.54, 1.807) is 14.0 Å². The lowest BCUT2D eigenvalue weighted by Crippen LogP contribution is -2.47. The van der Waals surface area contributed by atoms with Crippen LogP contribution in [-0.4, -0.2) is 44.1 Å². The predicted octanol–water partition coefficient (Wildman–Crippen LogP) is 1.73. The number of imide groups is 1. The molecule has 6 nitrogen and oxygen atoms in total. The number of carbonyl (C=O) groups excluding carboxylic acids is 2. The number of benzene rings is 1. The van der Waals surface area contributed by atoms with Gasteiger partial charge in [-0.05, 0) is 32.2 Å². The molecule has 0 fully saturated rings. The first kappa shape index (κ1) is 17.5. The van der Waals surface area contributed by atoms with Crippen LogP contribution in [0.3, 0.4) is 0 Å². The van der Waals surface area contributed by atoms with Crippen molar-refractivity contribution in [1.82, 2.24) is 15.5 Å². The smallest absolute Gasteiger partial charge is 0.321 e. The van der Waals surface area contributed by atoms with Gasteiger partial charge in [0.1, 0.15) is 5.75 Å². The Morgan fingerprint density at radius 3 is 2.67 bits per heavy atom. The van der Waals surface area contributed by atoms with Crippen LogP contribution >= 0.6 is 15.9 Å². The van der Waals surface area contributed by atoms with Gasteiger partial charge in [0.2, 0.25) is 5.91 Å². The van der Waals surface area contributed by atoms with E-state index in [2.05, 4.69) is 26.6 Å². The summed E-state index contributed by atoms with van der Waals surface area (Å²) in [7, 11) is 4.88. The topological polar surface area (TPSA) is 70.7 Å². The van der Waals surface area contributed by atoms with Crippen molar-refractivity contribution in [3.8, 4) is 5.75 Å². The molecule has 1 atom stereocenters. The maximum atomic E-state index is 11.9. The molecule has 1 aromatic carbocycles. The van der Waals surface area contributed by atoms with Crippen molar-refractivity contribution in [3.63, 3.8) is 0 Å². The number of hydrogen-bond acceptors (Lipinski definition) is 4. The molecular weight excluding hydrogens is 338 g/mol.